The number of carbonyl (C=O) groups is 2. The van der Waals surface area contributed by atoms with Crippen LogP contribution in [0.1, 0.15) is 18.4 Å². The summed E-state index contributed by atoms with van der Waals surface area (Å²) in [5.74, 6) is -0.869. The fourth-order valence-electron chi connectivity index (χ4n) is 2.25. The molecular weight excluding hydrogens is 244 g/mol. The van der Waals surface area contributed by atoms with Crippen LogP contribution in [0.25, 0.3) is 0 Å². The number of hydrogen-bond donors (Lipinski definition) is 2. The molecule has 0 aromatic heterocycles. The van der Waals surface area contributed by atoms with Crippen molar-refractivity contribution in [1.82, 2.24) is 10.2 Å². The van der Waals surface area contributed by atoms with E-state index < -0.39 is 5.97 Å². The van der Waals surface area contributed by atoms with Crippen molar-refractivity contribution in [3.63, 3.8) is 0 Å². The Kier molecular flexibility index (Phi) is 4.52. The largest absolute Gasteiger partial charge is 0.481 e. The summed E-state index contributed by atoms with van der Waals surface area (Å²) in [6, 6.07) is 9.45. The highest BCUT2D eigenvalue weighted by Crippen LogP contribution is 2.11. The molecule has 0 saturated carbocycles. The van der Waals surface area contributed by atoms with Gasteiger partial charge in [-0.3, -0.25) is 9.59 Å². The van der Waals surface area contributed by atoms with Gasteiger partial charge in [0, 0.05) is 26.1 Å². The summed E-state index contributed by atoms with van der Waals surface area (Å²) in [6.45, 7) is 1.96. The van der Waals surface area contributed by atoms with E-state index in [1.54, 1.807) is 4.90 Å². The Morgan fingerprint density at radius 1 is 1.37 bits per heavy atom. The van der Waals surface area contributed by atoms with Gasteiger partial charge in [-0.05, 0) is 12.0 Å². The number of carboxylic acids is 1. The second-order valence-corrected chi connectivity index (χ2v) is 4.68. The van der Waals surface area contributed by atoms with Crippen LogP contribution in [-0.2, 0) is 16.1 Å². The zero-order valence-corrected chi connectivity index (χ0v) is 10.7. The molecular formula is C14H18N2O3. The van der Waals surface area contributed by atoms with E-state index in [1.807, 2.05) is 30.3 Å². The van der Waals surface area contributed by atoms with E-state index in [1.165, 1.54) is 0 Å². The second-order valence-electron chi connectivity index (χ2n) is 4.68. The summed E-state index contributed by atoms with van der Waals surface area (Å²) in [4.78, 5) is 24.6. The molecule has 1 fully saturated rings. The van der Waals surface area contributed by atoms with E-state index in [0.29, 0.717) is 26.1 Å². The van der Waals surface area contributed by atoms with Crippen LogP contribution in [0.3, 0.4) is 0 Å². The van der Waals surface area contributed by atoms with E-state index in [-0.39, 0.29) is 18.4 Å². The quantitative estimate of drug-likeness (QED) is 0.825. The number of aliphatic carboxylic acids is 1. The van der Waals surface area contributed by atoms with Crippen molar-refractivity contribution < 1.29 is 14.7 Å². The molecule has 1 atom stereocenters. The third-order valence-electron chi connectivity index (χ3n) is 3.25. The molecule has 1 unspecified atom stereocenters. The van der Waals surface area contributed by atoms with Crippen LogP contribution in [0.4, 0.5) is 0 Å². The van der Waals surface area contributed by atoms with Crippen molar-refractivity contribution >= 4 is 11.9 Å². The number of nitrogens with zero attached hydrogens (tertiary/aromatic N) is 1. The first kappa shape index (κ1) is 13.5. The number of rotatable bonds is 5. The Balaban J connectivity index is 1.94. The molecule has 0 radical (unpaired) electrons. The highest BCUT2D eigenvalue weighted by molar-refractivity contribution is 5.83. The number of nitrogens with one attached hydrogen (secondary N) is 1. The van der Waals surface area contributed by atoms with E-state index in [4.69, 9.17) is 5.11 Å². The summed E-state index contributed by atoms with van der Waals surface area (Å²) >= 11 is 0. The smallest absolute Gasteiger partial charge is 0.303 e. The molecule has 19 heavy (non-hydrogen) atoms. The Labute approximate surface area is 112 Å². The molecule has 5 nitrogen and oxygen atoms in total. The van der Waals surface area contributed by atoms with Crippen LogP contribution in [0.5, 0.6) is 0 Å². The lowest BCUT2D eigenvalue weighted by molar-refractivity contribution is -0.139. The van der Waals surface area contributed by atoms with Crippen LogP contribution in [0.15, 0.2) is 30.3 Å². The van der Waals surface area contributed by atoms with Gasteiger partial charge in [0.15, 0.2) is 0 Å². The third kappa shape index (κ3) is 3.79. The van der Waals surface area contributed by atoms with Crippen molar-refractivity contribution in [1.29, 1.82) is 0 Å². The maximum Gasteiger partial charge on any atom is 0.303 e. The van der Waals surface area contributed by atoms with Gasteiger partial charge in [-0.15, -0.1) is 0 Å². The number of amides is 1. The molecule has 1 aromatic rings. The van der Waals surface area contributed by atoms with Gasteiger partial charge in [0.25, 0.3) is 0 Å². The summed E-state index contributed by atoms with van der Waals surface area (Å²) in [6.07, 6.45) is 0.363. The molecule has 1 aromatic carbocycles. The van der Waals surface area contributed by atoms with Gasteiger partial charge >= 0.3 is 5.97 Å². The fraction of sp³-hybridized carbons (Fsp3) is 0.429. The third-order valence-corrected chi connectivity index (χ3v) is 3.25. The first-order valence-corrected chi connectivity index (χ1v) is 6.44. The molecule has 0 spiro atoms. The lowest BCUT2D eigenvalue weighted by Gasteiger charge is -2.33. The van der Waals surface area contributed by atoms with Crippen LogP contribution in [-0.4, -0.2) is 41.0 Å². The predicted octanol–water partition coefficient (Wildman–Crippen LogP) is 0.852. The topological polar surface area (TPSA) is 69.6 Å². The van der Waals surface area contributed by atoms with Crippen molar-refractivity contribution in [2.75, 3.05) is 13.1 Å². The lowest BCUT2D eigenvalue weighted by Crippen LogP contribution is -2.54. The average molecular weight is 262 g/mol. The molecule has 102 valence electrons. The van der Waals surface area contributed by atoms with Gasteiger partial charge in [-0.25, -0.2) is 0 Å². The van der Waals surface area contributed by atoms with Crippen molar-refractivity contribution in [3.8, 4) is 0 Å². The highest BCUT2D eigenvalue weighted by atomic mass is 16.4. The molecule has 0 bridgehead atoms. The van der Waals surface area contributed by atoms with Crippen LogP contribution in [0, 0.1) is 0 Å². The molecule has 1 amide bonds. The summed E-state index contributed by atoms with van der Waals surface area (Å²) in [7, 11) is 0. The van der Waals surface area contributed by atoms with Gasteiger partial charge < -0.3 is 15.3 Å². The predicted molar refractivity (Wildman–Crippen MR) is 70.5 cm³/mol. The van der Waals surface area contributed by atoms with Crippen molar-refractivity contribution in [2.24, 2.45) is 0 Å². The van der Waals surface area contributed by atoms with Gasteiger partial charge in [0.05, 0.1) is 6.04 Å². The zero-order chi connectivity index (χ0) is 13.7. The van der Waals surface area contributed by atoms with Crippen LogP contribution in [0.2, 0.25) is 0 Å². The number of carboxylic acid groups (broad SMARTS) is 1. The average Bonchev–Trinajstić information content (AvgIpc) is 2.41. The summed E-state index contributed by atoms with van der Waals surface area (Å²) in [5.41, 5.74) is 1.09. The monoisotopic (exact) mass is 262 g/mol. The fourth-order valence-corrected chi connectivity index (χ4v) is 2.25. The summed E-state index contributed by atoms with van der Waals surface area (Å²) < 4.78 is 0. The molecule has 0 aliphatic carbocycles. The van der Waals surface area contributed by atoms with E-state index in [9.17, 15) is 9.59 Å². The summed E-state index contributed by atoms with van der Waals surface area (Å²) in [5, 5.41) is 11.8. The lowest BCUT2D eigenvalue weighted by atomic mass is 10.1. The van der Waals surface area contributed by atoms with E-state index in [0.717, 1.165) is 5.56 Å². The first-order chi connectivity index (χ1) is 9.16. The van der Waals surface area contributed by atoms with Gasteiger partial charge in [-0.1, -0.05) is 30.3 Å². The normalized spacial score (nSPS) is 19.5. The van der Waals surface area contributed by atoms with E-state index in [2.05, 4.69) is 5.32 Å². The first-order valence-electron chi connectivity index (χ1n) is 6.44. The van der Waals surface area contributed by atoms with Crippen LogP contribution < -0.4 is 5.32 Å². The Morgan fingerprint density at radius 2 is 2.11 bits per heavy atom. The number of carbonyl (C=O) groups excluding carboxylic acids is 1. The Hall–Kier alpha value is -1.88. The highest BCUT2D eigenvalue weighted by Gasteiger charge is 2.28. The van der Waals surface area contributed by atoms with Crippen molar-refractivity contribution in [3.05, 3.63) is 35.9 Å². The van der Waals surface area contributed by atoms with Gasteiger partial charge in [0.2, 0.25) is 5.91 Å². The molecule has 2 N–H and O–H groups in total. The molecule has 1 aliphatic heterocycles. The molecule has 5 heteroatoms. The van der Waals surface area contributed by atoms with Gasteiger partial charge in [0.1, 0.15) is 0 Å². The standard InChI is InChI=1S/C14H18N2O3/c17-13(18)7-6-12-14(19)16(9-8-15-12)10-11-4-2-1-3-5-11/h1-5,12,15H,6-10H2,(H,17,18). The minimum Gasteiger partial charge on any atom is -0.481 e. The second kappa shape index (κ2) is 6.33. The number of hydrogen-bond acceptors (Lipinski definition) is 3. The van der Waals surface area contributed by atoms with Crippen molar-refractivity contribution in [2.45, 2.75) is 25.4 Å². The van der Waals surface area contributed by atoms with Gasteiger partial charge in [-0.2, -0.15) is 0 Å². The SMILES string of the molecule is O=C(O)CCC1NCCN(Cc2ccccc2)C1=O. The Morgan fingerprint density at radius 3 is 2.79 bits per heavy atom. The zero-order valence-electron chi connectivity index (χ0n) is 10.7. The maximum atomic E-state index is 12.2. The molecule has 1 saturated heterocycles. The van der Waals surface area contributed by atoms with Crippen LogP contribution >= 0.6 is 0 Å². The molecule has 2 rings (SSSR count). The molecule has 1 heterocycles. The van der Waals surface area contributed by atoms with E-state index >= 15 is 0 Å². The minimum atomic E-state index is -0.866. The minimum absolute atomic E-state index is 0.00338. The number of piperazine rings is 1. The number of benzene rings is 1. The Bertz CT molecular complexity index is 447. The maximum absolute atomic E-state index is 12.2. The molecule has 1 aliphatic rings.